The van der Waals surface area contributed by atoms with E-state index in [0.717, 1.165) is 6.42 Å². The van der Waals surface area contributed by atoms with Crippen molar-refractivity contribution in [1.82, 2.24) is 10.2 Å². The van der Waals surface area contributed by atoms with E-state index in [1.165, 1.54) is 0 Å². The van der Waals surface area contributed by atoms with Crippen LogP contribution in [0.4, 0.5) is 4.79 Å². The van der Waals surface area contributed by atoms with Gasteiger partial charge < -0.3 is 15.3 Å². The summed E-state index contributed by atoms with van der Waals surface area (Å²) >= 11 is 0. The number of nitrogens with one attached hydrogen (secondary N) is 1. The minimum Gasteiger partial charge on any atom is -0.481 e. The number of carboxylic acids is 1. The summed E-state index contributed by atoms with van der Waals surface area (Å²) in [5, 5.41) is 11.9. The summed E-state index contributed by atoms with van der Waals surface area (Å²) in [7, 11) is 0. The van der Waals surface area contributed by atoms with Crippen molar-refractivity contribution in [2.75, 3.05) is 19.6 Å². The number of urea groups is 1. The molecular formula is C14H26N2O3. The summed E-state index contributed by atoms with van der Waals surface area (Å²) in [4.78, 5) is 24.7. The van der Waals surface area contributed by atoms with Gasteiger partial charge >= 0.3 is 12.0 Å². The van der Waals surface area contributed by atoms with Gasteiger partial charge in [-0.05, 0) is 24.2 Å². The molecular weight excluding hydrogens is 244 g/mol. The van der Waals surface area contributed by atoms with E-state index in [0.29, 0.717) is 32.0 Å². The number of carboxylic acid groups (broad SMARTS) is 1. The van der Waals surface area contributed by atoms with Gasteiger partial charge in [0.25, 0.3) is 0 Å². The van der Waals surface area contributed by atoms with Crippen molar-refractivity contribution in [2.45, 2.75) is 40.5 Å². The highest BCUT2D eigenvalue weighted by Gasteiger charge is 2.29. The first-order chi connectivity index (χ1) is 8.74. The molecule has 0 aromatic carbocycles. The summed E-state index contributed by atoms with van der Waals surface area (Å²) < 4.78 is 0. The van der Waals surface area contributed by atoms with Crippen LogP contribution >= 0.6 is 0 Å². The highest BCUT2D eigenvalue weighted by Crippen LogP contribution is 2.25. The molecule has 1 saturated heterocycles. The van der Waals surface area contributed by atoms with Crippen LogP contribution in [0.1, 0.15) is 40.5 Å². The van der Waals surface area contributed by atoms with Crippen LogP contribution in [0.5, 0.6) is 0 Å². The molecule has 1 aliphatic heterocycles. The third-order valence-corrected chi connectivity index (χ3v) is 4.32. The predicted molar refractivity (Wildman–Crippen MR) is 74.0 cm³/mol. The monoisotopic (exact) mass is 270 g/mol. The van der Waals surface area contributed by atoms with Crippen LogP contribution in [-0.4, -0.2) is 41.6 Å². The second-order valence-electron chi connectivity index (χ2n) is 6.43. The summed E-state index contributed by atoms with van der Waals surface area (Å²) in [6, 6.07) is -0.139. The van der Waals surface area contributed by atoms with Crippen LogP contribution < -0.4 is 5.32 Å². The molecule has 0 spiro atoms. The number of likely N-dealkylation sites (tertiary alicyclic amines) is 1. The van der Waals surface area contributed by atoms with E-state index in [2.05, 4.69) is 33.0 Å². The maximum absolute atomic E-state index is 12.1. The van der Waals surface area contributed by atoms with Crippen molar-refractivity contribution < 1.29 is 14.7 Å². The SMILES string of the molecule is CC(C)C(C)(C)CNC(=O)N1CCC[C@H](C(=O)O)C1. The van der Waals surface area contributed by atoms with Gasteiger partial charge in [-0.3, -0.25) is 4.79 Å². The molecule has 0 bridgehead atoms. The minimum absolute atomic E-state index is 0.0393. The Balaban J connectivity index is 2.47. The first-order valence-corrected chi connectivity index (χ1v) is 6.99. The lowest BCUT2D eigenvalue weighted by Gasteiger charge is -2.34. The second kappa shape index (κ2) is 6.26. The molecule has 0 unspecified atom stereocenters. The number of aliphatic carboxylic acids is 1. The number of hydrogen-bond donors (Lipinski definition) is 2. The lowest BCUT2D eigenvalue weighted by molar-refractivity contribution is -0.143. The smallest absolute Gasteiger partial charge is 0.317 e. The molecule has 1 aliphatic rings. The first-order valence-electron chi connectivity index (χ1n) is 6.99. The molecule has 0 saturated carbocycles. The van der Waals surface area contributed by atoms with Crippen molar-refractivity contribution in [3.63, 3.8) is 0 Å². The Bertz CT molecular complexity index is 340. The second-order valence-corrected chi connectivity index (χ2v) is 6.43. The average molecular weight is 270 g/mol. The van der Waals surface area contributed by atoms with Crippen LogP contribution in [0.25, 0.3) is 0 Å². The van der Waals surface area contributed by atoms with E-state index < -0.39 is 11.9 Å². The Morgan fingerprint density at radius 1 is 1.42 bits per heavy atom. The van der Waals surface area contributed by atoms with E-state index in [-0.39, 0.29) is 11.4 Å². The molecule has 2 N–H and O–H groups in total. The molecule has 1 fully saturated rings. The summed E-state index contributed by atoms with van der Waals surface area (Å²) in [5.41, 5.74) is 0.0393. The molecule has 1 atom stereocenters. The van der Waals surface area contributed by atoms with E-state index in [1.807, 2.05) is 0 Å². The van der Waals surface area contributed by atoms with Crippen molar-refractivity contribution in [3.8, 4) is 0 Å². The molecule has 19 heavy (non-hydrogen) atoms. The highest BCUT2D eigenvalue weighted by molar-refractivity contribution is 5.76. The predicted octanol–water partition coefficient (Wildman–Crippen LogP) is 2.17. The van der Waals surface area contributed by atoms with Gasteiger partial charge in [-0.15, -0.1) is 0 Å². The van der Waals surface area contributed by atoms with Gasteiger partial charge in [0.2, 0.25) is 0 Å². The van der Waals surface area contributed by atoms with Crippen molar-refractivity contribution in [2.24, 2.45) is 17.3 Å². The third-order valence-electron chi connectivity index (χ3n) is 4.32. The van der Waals surface area contributed by atoms with Gasteiger partial charge in [-0.2, -0.15) is 0 Å². The van der Waals surface area contributed by atoms with Crippen LogP contribution in [0, 0.1) is 17.3 Å². The Labute approximate surface area is 115 Å². The van der Waals surface area contributed by atoms with Crippen molar-refractivity contribution in [3.05, 3.63) is 0 Å². The molecule has 0 radical (unpaired) electrons. The first kappa shape index (κ1) is 15.8. The Morgan fingerprint density at radius 3 is 2.58 bits per heavy atom. The minimum atomic E-state index is -0.806. The van der Waals surface area contributed by atoms with Crippen LogP contribution in [-0.2, 0) is 4.79 Å². The van der Waals surface area contributed by atoms with Crippen molar-refractivity contribution in [1.29, 1.82) is 0 Å². The number of rotatable bonds is 4. The zero-order valence-corrected chi connectivity index (χ0v) is 12.4. The van der Waals surface area contributed by atoms with Gasteiger partial charge in [-0.1, -0.05) is 27.7 Å². The van der Waals surface area contributed by atoms with Crippen molar-refractivity contribution >= 4 is 12.0 Å². The number of carbonyl (C=O) groups excluding carboxylic acids is 1. The standard InChI is InChI=1S/C14H26N2O3/c1-10(2)14(3,4)9-15-13(19)16-7-5-6-11(8-16)12(17)18/h10-11H,5-9H2,1-4H3,(H,15,19)(H,17,18)/t11-/m0/s1. The summed E-state index contributed by atoms with van der Waals surface area (Å²) in [6.45, 7) is 10.1. The van der Waals surface area contributed by atoms with Crippen LogP contribution in [0.2, 0.25) is 0 Å². The van der Waals surface area contributed by atoms with Gasteiger partial charge in [0.05, 0.1) is 5.92 Å². The van der Waals surface area contributed by atoms with Gasteiger partial charge in [0.1, 0.15) is 0 Å². The van der Waals surface area contributed by atoms with Gasteiger partial charge in [-0.25, -0.2) is 4.79 Å². The molecule has 0 aliphatic carbocycles. The Morgan fingerprint density at radius 2 is 2.05 bits per heavy atom. The number of carbonyl (C=O) groups is 2. The molecule has 110 valence electrons. The van der Waals surface area contributed by atoms with E-state index in [4.69, 9.17) is 5.11 Å². The zero-order valence-electron chi connectivity index (χ0n) is 12.4. The lowest BCUT2D eigenvalue weighted by atomic mass is 9.81. The number of amides is 2. The fourth-order valence-corrected chi connectivity index (χ4v) is 1.98. The third kappa shape index (κ3) is 4.40. The zero-order chi connectivity index (χ0) is 14.6. The molecule has 0 aromatic rings. The van der Waals surface area contributed by atoms with E-state index in [1.54, 1.807) is 4.90 Å². The largest absolute Gasteiger partial charge is 0.481 e. The van der Waals surface area contributed by atoms with Crippen LogP contribution in [0.15, 0.2) is 0 Å². The normalized spacial score (nSPS) is 20.5. The molecule has 0 aromatic heterocycles. The fourth-order valence-electron chi connectivity index (χ4n) is 1.98. The molecule has 5 nitrogen and oxygen atoms in total. The molecule has 1 rings (SSSR count). The Kier molecular flexibility index (Phi) is 5.20. The topological polar surface area (TPSA) is 69.6 Å². The van der Waals surface area contributed by atoms with Gasteiger partial charge in [0, 0.05) is 19.6 Å². The summed E-state index contributed by atoms with van der Waals surface area (Å²) in [5.74, 6) is -0.751. The quantitative estimate of drug-likeness (QED) is 0.822. The number of nitrogens with zero attached hydrogens (tertiary/aromatic N) is 1. The van der Waals surface area contributed by atoms with Gasteiger partial charge in [0.15, 0.2) is 0 Å². The average Bonchev–Trinajstić information content (AvgIpc) is 2.36. The maximum Gasteiger partial charge on any atom is 0.317 e. The fraction of sp³-hybridized carbons (Fsp3) is 0.857. The maximum atomic E-state index is 12.1. The lowest BCUT2D eigenvalue weighted by Crippen LogP contribution is -2.49. The Hall–Kier alpha value is -1.26. The highest BCUT2D eigenvalue weighted by atomic mass is 16.4. The summed E-state index contributed by atoms with van der Waals surface area (Å²) in [6.07, 6.45) is 1.43. The molecule has 5 heteroatoms. The number of hydrogen-bond acceptors (Lipinski definition) is 2. The molecule has 2 amide bonds. The molecule has 1 heterocycles. The van der Waals surface area contributed by atoms with E-state index in [9.17, 15) is 9.59 Å². The van der Waals surface area contributed by atoms with Crippen LogP contribution in [0.3, 0.4) is 0 Å². The van der Waals surface area contributed by atoms with E-state index >= 15 is 0 Å². The number of piperidine rings is 1.